The minimum absolute atomic E-state index is 0.837. The first kappa shape index (κ1) is 17.7. The van der Waals surface area contributed by atoms with Crippen LogP contribution in [-0.2, 0) is 0 Å². The van der Waals surface area contributed by atoms with Crippen molar-refractivity contribution in [3.8, 4) is 11.1 Å². The summed E-state index contributed by atoms with van der Waals surface area (Å²) in [6, 6.07) is 8.44. The number of aromatic amines is 1. The van der Waals surface area contributed by atoms with E-state index in [0.29, 0.717) is 0 Å². The first-order chi connectivity index (χ1) is 13.2. The quantitative estimate of drug-likeness (QED) is 0.705. The lowest BCUT2D eigenvalue weighted by Crippen LogP contribution is -2.46. The van der Waals surface area contributed by atoms with Gasteiger partial charge in [-0.15, -0.1) is 0 Å². The van der Waals surface area contributed by atoms with E-state index in [1.165, 1.54) is 0 Å². The highest BCUT2D eigenvalue weighted by atomic mass is 15.3. The Morgan fingerprint density at radius 2 is 1.89 bits per heavy atom. The van der Waals surface area contributed by atoms with Gasteiger partial charge in [-0.05, 0) is 29.6 Å². The van der Waals surface area contributed by atoms with E-state index in [-0.39, 0.29) is 0 Å². The third kappa shape index (κ3) is 4.18. The van der Waals surface area contributed by atoms with Crippen LogP contribution in [0.3, 0.4) is 0 Å². The Balaban J connectivity index is 1.43. The van der Waals surface area contributed by atoms with Gasteiger partial charge >= 0.3 is 0 Å². The summed E-state index contributed by atoms with van der Waals surface area (Å²) in [7, 11) is 0. The fourth-order valence-corrected chi connectivity index (χ4v) is 3.55. The largest absolute Gasteiger partial charge is 0.343 e. The van der Waals surface area contributed by atoms with Crippen molar-refractivity contribution >= 4 is 16.6 Å². The van der Waals surface area contributed by atoms with E-state index in [2.05, 4.69) is 68.1 Å². The van der Waals surface area contributed by atoms with E-state index in [9.17, 15) is 0 Å². The minimum Gasteiger partial charge on any atom is -0.343 e. The zero-order valence-electron chi connectivity index (χ0n) is 15.8. The molecule has 0 radical (unpaired) electrons. The molecule has 0 unspecified atom stereocenters. The highest BCUT2D eigenvalue weighted by Crippen LogP contribution is 2.25. The third-order valence-electron chi connectivity index (χ3n) is 5.18. The maximum Gasteiger partial charge on any atom is 0.130 e. The van der Waals surface area contributed by atoms with Gasteiger partial charge in [0.05, 0.1) is 6.20 Å². The molecule has 1 aromatic carbocycles. The summed E-state index contributed by atoms with van der Waals surface area (Å²) in [5.41, 5.74) is 3.21. The fraction of sp³-hybridized carbons (Fsp3) is 0.333. The van der Waals surface area contributed by atoms with E-state index >= 15 is 0 Å². The number of anilines is 1. The molecule has 0 spiro atoms. The van der Waals surface area contributed by atoms with Crippen LogP contribution in [0.4, 0.5) is 5.82 Å². The molecule has 0 amide bonds. The second-order valence-corrected chi connectivity index (χ2v) is 7.06. The zero-order valence-corrected chi connectivity index (χ0v) is 15.8. The number of fused-ring (bicyclic) bond motifs is 1. The molecule has 1 saturated heterocycles. The van der Waals surface area contributed by atoms with Gasteiger partial charge in [-0.25, -0.2) is 4.98 Å². The number of pyridine rings is 1. The number of piperazine rings is 1. The summed E-state index contributed by atoms with van der Waals surface area (Å²) >= 11 is 0. The number of rotatable bonds is 6. The smallest absolute Gasteiger partial charge is 0.130 e. The molecule has 2 aromatic heterocycles. The lowest BCUT2D eigenvalue weighted by molar-refractivity contribution is 0.146. The van der Waals surface area contributed by atoms with Gasteiger partial charge in [0, 0.05) is 61.8 Å². The molecule has 0 atom stereocenters. The maximum absolute atomic E-state index is 4.54. The van der Waals surface area contributed by atoms with E-state index in [0.717, 1.165) is 72.7 Å². The number of nitrogens with zero attached hydrogens (tertiary/aromatic N) is 4. The van der Waals surface area contributed by atoms with Gasteiger partial charge in [0.15, 0.2) is 0 Å². The summed E-state index contributed by atoms with van der Waals surface area (Å²) in [5, 5.41) is 12.5. The first-order valence-corrected chi connectivity index (χ1v) is 9.50. The Labute approximate surface area is 159 Å². The van der Waals surface area contributed by atoms with Gasteiger partial charge in [0.25, 0.3) is 0 Å². The second-order valence-electron chi connectivity index (χ2n) is 7.06. The zero-order chi connectivity index (χ0) is 18.6. The number of hydrogen-bond donors (Lipinski definition) is 2. The molecular formula is C21H26N6. The van der Waals surface area contributed by atoms with Gasteiger partial charge in [-0.1, -0.05) is 25.6 Å². The van der Waals surface area contributed by atoms with Crippen LogP contribution >= 0.6 is 0 Å². The molecule has 3 aromatic rings. The SMILES string of the molecule is C=C(CN1CCN(CC)CC1)Nc1cc2cc(-c3cn[nH]c3)ccc2cn1. The van der Waals surface area contributed by atoms with Crippen molar-refractivity contribution in [1.29, 1.82) is 0 Å². The lowest BCUT2D eigenvalue weighted by Gasteiger charge is -2.34. The van der Waals surface area contributed by atoms with E-state index in [1.807, 2.05) is 18.6 Å². The highest BCUT2D eigenvalue weighted by molar-refractivity contribution is 5.88. The molecular weight excluding hydrogens is 336 g/mol. The Kier molecular flexibility index (Phi) is 5.18. The monoisotopic (exact) mass is 362 g/mol. The molecule has 3 heterocycles. The Morgan fingerprint density at radius 3 is 2.63 bits per heavy atom. The first-order valence-electron chi connectivity index (χ1n) is 9.50. The summed E-state index contributed by atoms with van der Waals surface area (Å²) in [6.45, 7) is 12.9. The van der Waals surface area contributed by atoms with Crippen LogP contribution in [-0.4, -0.2) is 64.2 Å². The van der Waals surface area contributed by atoms with Crippen LogP contribution in [0, 0.1) is 0 Å². The van der Waals surface area contributed by atoms with Crippen LogP contribution in [0.25, 0.3) is 21.9 Å². The topological polar surface area (TPSA) is 60.1 Å². The Bertz CT molecular complexity index is 910. The number of hydrogen-bond acceptors (Lipinski definition) is 5. The molecule has 6 heteroatoms. The van der Waals surface area contributed by atoms with Gasteiger partial charge in [-0.3, -0.25) is 10.00 Å². The predicted molar refractivity (Wildman–Crippen MR) is 111 cm³/mol. The minimum atomic E-state index is 0.837. The average molecular weight is 362 g/mol. The van der Waals surface area contributed by atoms with Crippen molar-refractivity contribution in [1.82, 2.24) is 25.0 Å². The number of likely N-dealkylation sites (N-methyl/N-ethyl adjacent to an activating group) is 1. The molecule has 140 valence electrons. The lowest BCUT2D eigenvalue weighted by atomic mass is 10.1. The van der Waals surface area contributed by atoms with E-state index < -0.39 is 0 Å². The van der Waals surface area contributed by atoms with Crippen LogP contribution < -0.4 is 5.32 Å². The summed E-state index contributed by atoms with van der Waals surface area (Å²) < 4.78 is 0. The highest BCUT2D eigenvalue weighted by Gasteiger charge is 2.16. The van der Waals surface area contributed by atoms with Crippen LogP contribution in [0.1, 0.15) is 6.92 Å². The van der Waals surface area contributed by atoms with Crippen molar-refractivity contribution in [2.75, 3.05) is 44.6 Å². The average Bonchev–Trinajstić information content (AvgIpc) is 3.23. The van der Waals surface area contributed by atoms with Crippen molar-refractivity contribution in [2.45, 2.75) is 6.92 Å². The molecule has 27 heavy (non-hydrogen) atoms. The van der Waals surface area contributed by atoms with Gasteiger partial charge in [0.1, 0.15) is 5.82 Å². The molecule has 0 aliphatic carbocycles. The molecule has 0 bridgehead atoms. The number of nitrogens with one attached hydrogen (secondary N) is 2. The van der Waals surface area contributed by atoms with Crippen molar-refractivity contribution in [3.63, 3.8) is 0 Å². The molecule has 6 nitrogen and oxygen atoms in total. The van der Waals surface area contributed by atoms with E-state index in [1.54, 1.807) is 0 Å². The van der Waals surface area contributed by atoms with Gasteiger partial charge < -0.3 is 10.2 Å². The fourth-order valence-electron chi connectivity index (χ4n) is 3.55. The second kappa shape index (κ2) is 7.90. The standard InChI is InChI=1S/C21H26N6/c1-3-26-6-8-27(9-7-26)15-16(2)25-21-11-19-10-17(20-13-23-24-14-20)4-5-18(19)12-22-21/h4-5,10-14H,2-3,6-9,15H2,1H3,(H,22,25)(H,23,24). The molecule has 4 rings (SSSR count). The Hall–Kier alpha value is -2.70. The van der Waals surface area contributed by atoms with Gasteiger partial charge in [0.2, 0.25) is 0 Å². The molecule has 0 saturated carbocycles. The van der Waals surface area contributed by atoms with Crippen molar-refractivity contribution in [3.05, 3.63) is 55.1 Å². The molecule has 1 aliphatic heterocycles. The summed E-state index contributed by atoms with van der Waals surface area (Å²) in [6.07, 6.45) is 5.65. The molecule has 2 N–H and O–H groups in total. The van der Waals surface area contributed by atoms with Crippen molar-refractivity contribution < 1.29 is 0 Å². The third-order valence-corrected chi connectivity index (χ3v) is 5.18. The maximum atomic E-state index is 4.54. The Morgan fingerprint density at radius 1 is 1.07 bits per heavy atom. The van der Waals surface area contributed by atoms with E-state index in [4.69, 9.17) is 0 Å². The predicted octanol–water partition coefficient (Wildman–Crippen LogP) is 3.19. The van der Waals surface area contributed by atoms with Crippen LogP contribution in [0.2, 0.25) is 0 Å². The van der Waals surface area contributed by atoms with Crippen molar-refractivity contribution in [2.24, 2.45) is 0 Å². The summed E-state index contributed by atoms with van der Waals surface area (Å²) in [4.78, 5) is 9.47. The van der Waals surface area contributed by atoms with Gasteiger partial charge in [-0.2, -0.15) is 5.10 Å². The number of benzene rings is 1. The summed E-state index contributed by atoms with van der Waals surface area (Å²) in [5.74, 6) is 0.837. The normalized spacial score (nSPS) is 15.9. The molecule has 1 fully saturated rings. The number of H-pyrrole nitrogens is 1. The van der Waals surface area contributed by atoms with Crippen LogP contribution in [0.5, 0.6) is 0 Å². The molecule has 1 aliphatic rings. The van der Waals surface area contributed by atoms with Crippen LogP contribution in [0.15, 0.2) is 55.1 Å². The number of aromatic nitrogens is 3.